The van der Waals surface area contributed by atoms with Gasteiger partial charge < -0.3 is 14.5 Å². The van der Waals surface area contributed by atoms with Gasteiger partial charge in [0, 0.05) is 44.5 Å². The van der Waals surface area contributed by atoms with E-state index in [9.17, 15) is 4.79 Å². The average Bonchev–Trinajstić information content (AvgIpc) is 3.25. The van der Waals surface area contributed by atoms with Crippen molar-refractivity contribution < 1.29 is 9.53 Å². The molecule has 0 unspecified atom stereocenters. The number of amides is 1. The van der Waals surface area contributed by atoms with Gasteiger partial charge in [0.2, 0.25) is 0 Å². The second-order valence-electron chi connectivity index (χ2n) is 6.70. The van der Waals surface area contributed by atoms with Crippen LogP contribution in [-0.2, 0) is 19.9 Å². The van der Waals surface area contributed by atoms with Crippen molar-refractivity contribution >= 4 is 11.6 Å². The maximum atomic E-state index is 12.9. The minimum atomic E-state index is 0.0819. The molecule has 1 aromatic carbocycles. The molecule has 1 saturated heterocycles. The van der Waals surface area contributed by atoms with Gasteiger partial charge in [0.1, 0.15) is 5.75 Å². The third-order valence-electron chi connectivity index (χ3n) is 5.31. The number of rotatable bonds is 3. The van der Waals surface area contributed by atoms with Gasteiger partial charge in [0.25, 0.3) is 5.91 Å². The summed E-state index contributed by atoms with van der Waals surface area (Å²) in [5.74, 6) is 0.961. The second-order valence-corrected chi connectivity index (χ2v) is 6.70. The molecule has 2 heterocycles. The molecule has 1 aromatic heterocycles. The number of para-hydroxylation sites is 2. The number of ether oxygens (including phenoxy) is 1. The molecular weight excluding hydrogens is 316 g/mol. The van der Waals surface area contributed by atoms with Gasteiger partial charge in [-0.15, -0.1) is 0 Å². The lowest BCUT2D eigenvalue weighted by Crippen LogP contribution is -2.49. The van der Waals surface area contributed by atoms with Gasteiger partial charge in [-0.25, -0.2) is 0 Å². The van der Waals surface area contributed by atoms with Crippen molar-refractivity contribution in [1.29, 1.82) is 0 Å². The highest BCUT2D eigenvalue weighted by Gasteiger charge is 2.30. The van der Waals surface area contributed by atoms with E-state index in [-0.39, 0.29) is 5.91 Å². The Bertz CT molecular complexity index is 791. The first-order valence-electron chi connectivity index (χ1n) is 8.91. The van der Waals surface area contributed by atoms with Crippen molar-refractivity contribution in [3.8, 4) is 5.75 Å². The third-order valence-corrected chi connectivity index (χ3v) is 5.31. The highest BCUT2D eigenvalue weighted by molar-refractivity contribution is 5.94. The van der Waals surface area contributed by atoms with Crippen LogP contribution in [0.15, 0.2) is 24.3 Å². The molecule has 1 amide bonds. The topological polar surface area (TPSA) is 50.6 Å². The van der Waals surface area contributed by atoms with Gasteiger partial charge in [0.15, 0.2) is 5.69 Å². The van der Waals surface area contributed by atoms with E-state index in [1.807, 2.05) is 34.8 Å². The molecule has 2 aliphatic rings. The van der Waals surface area contributed by atoms with Crippen molar-refractivity contribution in [1.82, 2.24) is 14.7 Å². The summed E-state index contributed by atoms with van der Waals surface area (Å²) in [7, 11) is 3.64. The normalized spacial score (nSPS) is 16.9. The minimum Gasteiger partial charge on any atom is -0.495 e. The van der Waals surface area contributed by atoms with Crippen LogP contribution in [-0.4, -0.2) is 53.9 Å². The van der Waals surface area contributed by atoms with Crippen LogP contribution in [0, 0.1) is 0 Å². The Labute approximate surface area is 148 Å². The minimum absolute atomic E-state index is 0.0819. The molecular formula is C19H24N4O2. The molecule has 0 atom stereocenters. The largest absolute Gasteiger partial charge is 0.495 e. The molecule has 0 saturated carbocycles. The predicted molar refractivity (Wildman–Crippen MR) is 96.3 cm³/mol. The van der Waals surface area contributed by atoms with Crippen LogP contribution in [0.1, 0.15) is 28.2 Å². The zero-order valence-corrected chi connectivity index (χ0v) is 14.9. The van der Waals surface area contributed by atoms with Crippen molar-refractivity contribution in [3.63, 3.8) is 0 Å². The number of benzene rings is 1. The zero-order chi connectivity index (χ0) is 17.4. The number of carbonyl (C=O) groups excluding carboxylic acids is 1. The molecule has 6 nitrogen and oxygen atoms in total. The molecule has 0 radical (unpaired) electrons. The van der Waals surface area contributed by atoms with Crippen molar-refractivity contribution in [2.24, 2.45) is 7.05 Å². The monoisotopic (exact) mass is 340 g/mol. The van der Waals surface area contributed by atoms with Gasteiger partial charge in [-0.05, 0) is 31.4 Å². The first-order valence-corrected chi connectivity index (χ1v) is 8.91. The van der Waals surface area contributed by atoms with Crippen LogP contribution in [0.3, 0.4) is 0 Å². The van der Waals surface area contributed by atoms with Gasteiger partial charge in [-0.3, -0.25) is 9.48 Å². The molecule has 0 bridgehead atoms. The SMILES string of the molecule is COc1ccccc1N1CCN(C(=O)c2nn(C)c3c2CCC3)CC1. The van der Waals surface area contributed by atoms with Crippen LogP contribution in [0.5, 0.6) is 5.75 Å². The summed E-state index contributed by atoms with van der Waals surface area (Å²) in [5, 5.41) is 4.50. The average molecular weight is 340 g/mol. The summed E-state index contributed by atoms with van der Waals surface area (Å²) >= 11 is 0. The van der Waals surface area contributed by atoms with Crippen LogP contribution in [0.25, 0.3) is 0 Å². The summed E-state index contributed by atoms with van der Waals surface area (Å²) < 4.78 is 7.35. The quantitative estimate of drug-likeness (QED) is 0.856. The maximum absolute atomic E-state index is 12.9. The lowest BCUT2D eigenvalue weighted by atomic mass is 10.1. The van der Waals surface area contributed by atoms with Crippen LogP contribution >= 0.6 is 0 Å². The number of hydrogen-bond acceptors (Lipinski definition) is 4. The van der Waals surface area contributed by atoms with Crippen molar-refractivity contribution in [2.45, 2.75) is 19.3 Å². The summed E-state index contributed by atoms with van der Waals surface area (Å²) in [5.41, 5.74) is 4.16. The Morgan fingerprint density at radius 2 is 1.88 bits per heavy atom. The molecule has 6 heteroatoms. The standard InChI is InChI=1S/C19H24N4O2/c1-21-15-8-5-6-14(15)18(20-21)19(24)23-12-10-22(11-13-23)16-7-3-4-9-17(16)25-2/h3-4,7,9H,5-6,8,10-13H2,1-2H3. The fourth-order valence-electron chi connectivity index (χ4n) is 3.97. The van der Waals surface area contributed by atoms with E-state index in [1.165, 1.54) is 11.3 Å². The number of anilines is 1. The molecule has 1 aliphatic carbocycles. The van der Waals surface area contributed by atoms with E-state index in [0.717, 1.165) is 43.8 Å². The lowest BCUT2D eigenvalue weighted by Gasteiger charge is -2.36. The van der Waals surface area contributed by atoms with Crippen molar-refractivity contribution in [2.75, 3.05) is 38.2 Å². The van der Waals surface area contributed by atoms with Gasteiger partial charge in [0.05, 0.1) is 12.8 Å². The van der Waals surface area contributed by atoms with E-state index < -0.39 is 0 Å². The number of methoxy groups -OCH3 is 1. The summed E-state index contributed by atoms with van der Waals surface area (Å²) in [6.45, 7) is 3.03. The van der Waals surface area contributed by atoms with E-state index in [1.54, 1.807) is 7.11 Å². The van der Waals surface area contributed by atoms with E-state index >= 15 is 0 Å². The van der Waals surface area contributed by atoms with Crippen LogP contribution < -0.4 is 9.64 Å². The molecule has 132 valence electrons. The number of carbonyl (C=O) groups is 1. The zero-order valence-electron chi connectivity index (χ0n) is 14.9. The Kier molecular flexibility index (Phi) is 4.11. The highest BCUT2D eigenvalue weighted by Crippen LogP contribution is 2.29. The Morgan fingerprint density at radius 3 is 2.64 bits per heavy atom. The molecule has 1 aliphatic heterocycles. The number of aromatic nitrogens is 2. The molecule has 25 heavy (non-hydrogen) atoms. The maximum Gasteiger partial charge on any atom is 0.274 e. The molecule has 4 rings (SSSR count). The number of piperazine rings is 1. The number of fused-ring (bicyclic) bond motifs is 1. The summed E-state index contributed by atoms with van der Waals surface area (Å²) in [4.78, 5) is 17.2. The van der Waals surface area contributed by atoms with Crippen LogP contribution in [0.4, 0.5) is 5.69 Å². The number of hydrogen-bond donors (Lipinski definition) is 0. The molecule has 1 fully saturated rings. The van der Waals surface area contributed by atoms with E-state index in [0.29, 0.717) is 18.8 Å². The second kappa shape index (κ2) is 6.43. The van der Waals surface area contributed by atoms with E-state index in [4.69, 9.17) is 4.74 Å². The fourth-order valence-corrected chi connectivity index (χ4v) is 3.97. The lowest BCUT2D eigenvalue weighted by molar-refractivity contribution is 0.0739. The third kappa shape index (κ3) is 2.75. The van der Waals surface area contributed by atoms with Crippen LogP contribution in [0.2, 0.25) is 0 Å². The Hall–Kier alpha value is -2.50. The van der Waals surface area contributed by atoms with Gasteiger partial charge in [-0.1, -0.05) is 12.1 Å². The van der Waals surface area contributed by atoms with E-state index in [2.05, 4.69) is 16.1 Å². The summed E-state index contributed by atoms with van der Waals surface area (Å²) in [6.07, 6.45) is 3.14. The first kappa shape index (κ1) is 16.0. The number of nitrogens with zero attached hydrogens (tertiary/aromatic N) is 4. The van der Waals surface area contributed by atoms with Gasteiger partial charge >= 0.3 is 0 Å². The molecule has 2 aromatic rings. The highest BCUT2D eigenvalue weighted by atomic mass is 16.5. The molecule has 0 spiro atoms. The van der Waals surface area contributed by atoms with Gasteiger partial charge in [-0.2, -0.15) is 5.10 Å². The predicted octanol–water partition coefficient (Wildman–Crippen LogP) is 1.88. The Balaban J connectivity index is 1.47. The smallest absolute Gasteiger partial charge is 0.274 e. The van der Waals surface area contributed by atoms with Crippen molar-refractivity contribution in [3.05, 3.63) is 41.2 Å². The Morgan fingerprint density at radius 1 is 1.12 bits per heavy atom. The molecule has 0 N–H and O–H groups in total. The first-order chi connectivity index (χ1) is 12.2. The summed E-state index contributed by atoms with van der Waals surface area (Å²) in [6, 6.07) is 8.04. The number of aryl methyl sites for hydroxylation is 1. The fraction of sp³-hybridized carbons (Fsp3) is 0.474.